The zero-order chi connectivity index (χ0) is 11.3. The zero-order valence-corrected chi connectivity index (χ0v) is 10.0. The van der Waals surface area contributed by atoms with E-state index in [0.717, 1.165) is 17.8 Å². The number of carboxylic acid groups (broad SMARTS) is 1. The Labute approximate surface area is 101 Å². The Bertz CT molecular complexity index is 324. The van der Waals surface area contributed by atoms with Crippen molar-refractivity contribution in [2.45, 2.75) is 38.5 Å². The highest BCUT2D eigenvalue weighted by molar-refractivity contribution is 6.40. The SMILES string of the molecule is O=C(O)/C(Cl)=C\C12CC3CC(CC(C3)C1)C2. The van der Waals surface area contributed by atoms with Crippen molar-refractivity contribution >= 4 is 17.6 Å². The van der Waals surface area contributed by atoms with Crippen molar-refractivity contribution in [3.63, 3.8) is 0 Å². The monoisotopic (exact) mass is 240 g/mol. The Kier molecular flexibility index (Phi) is 2.32. The molecule has 88 valence electrons. The van der Waals surface area contributed by atoms with Gasteiger partial charge in [0.1, 0.15) is 5.03 Å². The predicted octanol–water partition coefficient (Wildman–Crippen LogP) is 3.41. The van der Waals surface area contributed by atoms with Crippen LogP contribution in [0.15, 0.2) is 11.1 Å². The van der Waals surface area contributed by atoms with Gasteiger partial charge < -0.3 is 5.11 Å². The summed E-state index contributed by atoms with van der Waals surface area (Å²) in [5.74, 6) is 1.53. The molecule has 1 N–H and O–H groups in total. The van der Waals surface area contributed by atoms with Crippen LogP contribution in [0.4, 0.5) is 0 Å². The molecule has 0 aromatic heterocycles. The van der Waals surface area contributed by atoms with Gasteiger partial charge in [-0.2, -0.15) is 0 Å². The summed E-state index contributed by atoms with van der Waals surface area (Å²) in [4.78, 5) is 10.8. The molecule has 2 nitrogen and oxygen atoms in total. The van der Waals surface area contributed by atoms with E-state index >= 15 is 0 Å². The molecule has 16 heavy (non-hydrogen) atoms. The van der Waals surface area contributed by atoms with Gasteiger partial charge in [0.05, 0.1) is 0 Å². The van der Waals surface area contributed by atoms with Gasteiger partial charge >= 0.3 is 5.97 Å². The number of hydrogen-bond acceptors (Lipinski definition) is 1. The first kappa shape index (κ1) is 10.6. The maximum atomic E-state index is 10.8. The lowest BCUT2D eigenvalue weighted by Crippen LogP contribution is -2.45. The van der Waals surface area contributed by atoms with Crippen LogP contribution in [0, 0.1) is 23.2 Å². The van der Waals surface area contributed by atoms with Crippen LogP contribution in [0.1, 0.15) is 38.5 Å². The fourth-order valence-corrected chi connectivity index (χ4v) is 4.92. The summed E-state index contributed by atoms with van der Waals surface area (Å²) in [7, 11) is 0. The van der Waals surface area contributed by atoms with Gasteiger partial charge in [-0.15, -0.1) is 0 Å². The molecule has 0 aromatic carbocycles. The Morgan fingerprint density at radius 2 is 1.56 bits per heavy atom. The van der Waals surface area contributed by atoms with Crippen LogP contribution in [-0.2, 0) is 4.79 Å². The van der Waals surface area contributed by atoms with Crippen LogP contribution in [0.2, 0.25) is 0 Å². The molecule has 4 bridgehead atoms. The predicted molar refractivity (Wildman–Crippen MR) is 62.2 cm³/mol. The van der Waals surface area contributed by atoms with E-state index in [2.05, 4.69) is 0 Å². The third-order valence-corrected chi connectivity index (χ3v) is 4.99. The fourth-order valence-electron chi connectivity index (χ4n) is 4.68. The first-order valence-electron chi connectivity index (χ1n) is 6.18. The molecule has 4 rings (SSSR count). The smallest absolute Gasteiger partial charge is 0.346 e. The molecular formula is C13H17ClO2. The third kappa shape index (κ3) is 1.67. The van der Waals surface area contributed by atoms with Gasteiger partial charge in [0, 0.05) is 0 Å². The van der Waals surface area contributed by atoms with Crippen LogP contribution >= 0.6 is 11.6 Å². The van der Waals surface area contributed by atoms with E-state index in [9.17, 15) is 4.79 Å². The molecule has 4 saturated carbocycles. The van der Waals surface area contributed by atoms with Gasteiger partial charge in [-0.3, -0.25) is 0 Å². The van der Waals surface area contributed by atoms with Crippen LogP contribution in [-0.4, -0.2) is 11.1 Å². The van der Waals surface area contributed by atoms with Crippen molar-refractivity contribution in [3.05, 3.63) is 11.1 Å². The number of carbonyl (C=O) groups is 1. The fraction of sp³-hybridized carbons (Fsp3) is 0.769. The van der Waals surface area contributed by atoms with Crippen LogP contribution < -0.4 is 0 Å². The van der Waals surface area contributed by atoms with Gasteiger partial charge in [0.15, 0.2) is 0 Å². The molecule has 4 fully saturated rings. The minimum absolute atomic E-state index is 0.0296. The summed E-state index contributed by atoms with van der Waals surface area (Å²) in [5, 5.41) is 8.91. The third-order valence-electron chi connectivity index (χ3n) is 4.72. The van der Waals surface area contributed by atoms with E-state index in [1.54, 1.807) is 0 Å². The second-order valence-electron chi connectivity index (χ2n) is 6.08. The molecule has 4 aliphatic rings. The van der Waals surface area contributed by atoms with Gasteiger partial charge in [0.25, 0.3) is 0 Å². The highest BCUT2D eigenvalue weighted by Crippen LogP contribution is 2.60. The molecule has 0 heterocycles. The first-order chi connectivity index (χ1) is 7.56. The molecule has 0 unspecified atom stereocenters. The van der Waals surface area contributed by atoms with Gasteiger partial charge in [-0.1, -0.05) is 17.7 Å². The minimum Gasteiger partial charge on any atom is -0.477 e. The Morgan fingerprint density at radius 1 is 1.12 bits per heavy atom. The molecule has 0 atom stereocenters. The van der Waals surface area contributed by atoms with Crippen molar-refractivity contribution < 1.29 is 9.90 Å². The largest absolute Gasteiger partial charge is 0.477 e. The van der Waals surface area contributed by atoms with Crippen LogP contribution in [0.5, 0.6) is 0 Å². The molecule has 0 saturated heterocycles. The summed E-state index contributed by atoms with van der Waals surface area (Å²) >= 11 is 5.81. The van der Waals surface area contributed by atoms with Crippen molar-refractivity contribution in [2.24, 2.45) is 23.2 Å². The molecule has 4 aliphatic carbocycles. The summed E-state index contributed by atoms with van der Waals surface area (Å²) in [6.45, 7) is 0. The standard InChI is InChI=1S/C13H17ClO2/c14-11(12(15)16)7-13-4-8-1-9(5-13)3-10(2-8)6-13/h7-10H,1-6H2,(H,15,16)/b11-7+. The van der Waals surface area contributed by atoms with E-state index in [1.165, 1.54) is 38.5 Å². The molecule has 0 aromatic rings. The second-order valence-corrected chi connectivity index (χ2v) is 6.48. The number of aliphatic carboxylic acids is 1. The van der Waals surface area contributed by atoms with Crippen molar-refractivity contribution in [2.75, 3.05) is 0 Å². The number of rotatable bonds is 2. The highest BCUT2D eigenvalue weighted by atomic mass is 35.5. The molecule has 0 aliphatic heterocycles. The second kappa shape index (κ2) is 3.49. The van der Waals surface area contributed by atoms with Crippen LogP contribution in [0.3, 0.4) is 0 Å². The lowest BCUT2D eigenvalue weighted by molar-refractivity contribution is -0.132. The molecule has 0 radical (unpaired) electrons. The topological polar surface area (TPSA) is 37.3 Å². The first-order valence-corrected chi connectivity index (χ1v) is 6.56. The van der Waals surface area contributed by atoms with Crippen molar-refractivity contribution in [1.29, 1.82) is 0 Å². The Balaban J connectivity index is 1.89. The van der Waals surface area contributed by atoms with E-state index in [4.69, 9.17) is 16.7 Å². The number of hydrogen-bond donors (Lipinski definition) is 1. The quantitative estimate of drug-likeness (QED) is 0.751. The summed E-state index contributed by atoms with van der Waals surface area (Å²) in [6, 6.07) is 0. The van der Waals surface area contributed by atoms with E-state index in [0.29, 0.717) is 0 Å². The molecule has 0 amide bonds. The van der Waals surface area contributed by atoms with Gasteiger partial charge in [0.2, 0.25) is 0 Å². The van der Waals surface area contributed by atoms with Gasteiger partial charge in [-0.25, -0.2) is 4.79 Å². The lowest BCUT2D eigenvalue weighted by atomic mass is 9.49. The number of carboxylic acids is 1. The molecular weight excluding hydrogens is 224 g/mol. The normalized spacial score (nSPS) is 46.1. The summed E-state index contributed by atoms with van der Waals surface area (Å²) < 4.78 is 0. The van der Waals surface area contributed by atoms with Crippen LogP contribution in [0.25, 0.3) is 0 Å². The number of allylic oxidation sites excluding steroid dienone is 1. The Hall–Kier alpha value is -0.500. The van der Waals surface area contributed by atoms with Crippen molar-refractivity contribution in [3.8, 4) is 0 Å². The van der Waals surface area contributed by atoms with E-state index in [1.807, 2.05) is 6.08 Å². The number of halogens is 1. The zero-order valence-electron chi connectivity index (χ0n) is 9.29. The lowest BCUT2D eigenvalue weighted by Gasteiger charge is -2.55. The summed E-state index contributed by atoms with van der Waals surface area (Å²) in [5.41, 5.74) is 0.129. The Morgan fingerprint density at radius 3 is 1.94 bits per heavy atom. The maximum absolute atomic E-state index is 10.8. The average molecular weight is 241 g/mol. The molecule has 3 heteroatoms. The maximum Gasteiger partial charge on any atom is 0.346 e. The summed E-state index contributed by atoms with van der Waals surface area (Å²) in [6.07, 6.45) is 9.49. The minimum atomic E-state index is -0.975. The average Bonchev–Trinajstić information content (AvgIpc) is 2.13. The molecule has 0 spiro atoms. The van der Waals surface area contributed by atoms with Crippen molar-refractivity contribution in [1.82, 2.24) is 0 Å². The highest BCUT2D eigenvalue weighted by Gasteiger charge is 2.50. The van der Waals surface area contributed by atoms with Gasteiger partial charge in [-0.05, 0) is 61.7 Å². The van der Waals surface area contributed by atoms with E-state index < -0.39 is 5.97 Å². The van der Waals surface area contributed by atoms with E-state index in [-0.39, 0.29) is 10.4 Å².